The van der Waals surface area contributed by atoms with Gasteiger partial charge in [-0.1, -0.05) is 26.3 Å². The van der Waals surface area contributed by atoms with E-state index in [2.05, 4.69) is 48.2 Å². The van der Waals surface area contributed by atoms with Crippen LogP contribution < -0.4 is 5.32 Å². The van der Waals surface area contributed by atoms with Gasteiger partial charge in [0.1, 0.15) is 0 Å². The van der Waals surface area contributed by atoms with E-state index >= 15 is 0 Å². The first-order valence-electron chi connectivity index (χ1n) is 8.08. The smallest absolute Gasteiger partial charge is 0.0543 e. The summed E-state index contributed by atoms with van der Waals surface area (Å²) >= 11 is 0. The zero-order valence-corrected chi connectivity index (χ0v) is 13.2. The fraction of sp³-hybridized carbons (Fsp3) is 0.706. The standard InChI is InChI=1S/C17H29N3/c1-4-14-9-10-16(18-5-2)17(12-14)20(3)13-15-8-6-7-11-19-15/h6-8,11,14,16-18H,4-5,9-10,12-13H2,1-3H3. The fourth-order valence-corrected chi connectivity index (χ4v) is 3.45. The monoisotopic (exact) mass is 275 g/mol. The maximum absolute atomic E-state index is 4.46. The molecule has 20 heavy (non-hydrogen) atoms. The summed E-state index contributed by atoms with van der Waals surface area (Å²) < 4.78 is 0. The van der Waals surface area contributed by atoms with Gasteiger partial charge in [-0.3, -0.25) is 9.88 Å². The minimum atomic E-state index is 0.635. The first-order valence-corrected chi connectivity index (χ1v) is 8.08. The molecule has 1 N–H and O–H groups in total. The number of hydrogen-bond acceptors (Lipinski definition) is 3. The summed E-state index contributed by atoms with van der Waals surface area (Å²) in [6.45, 7) is 6.55. The van der Waals surface area contributed by atoms with E-state index in [4.69, 9.17) is 0 Å². The molecule has 1 heterocycles. The van der Waals surface area contributed by atoms with E-state index in [0.717, 1.165) is 19.0 Å². The summed E-state index contributed by atoms with van der Waals surface area (Å²) in [6, 6.07) is 7.46. The molecule has 0 radical (unpaired) electrons. The Hall–Kier alpha value is -0.930. The Labute approximate surface area is 123 Å². The SMILES string of the molecule is CCNC1CCC(CC)CC1N(C)Cc1ccccn1. The predicted molar refractivity (Wildman–Crippen MR) is 84.6 cm³/mol. The first-order chi connectivity index (χ1) is 9.74. The number of likely N-dealkylation sites (N-methyl/N-ethyl adjacent to an activating group) is 2. The third kappa shape index (κ3) is 4.03. The van der Waals surface area contributed by atoms with E-state index in [1.165, 1.54) is 31.4 Å². The van der Waals surface area contributed by atoms with E-state index in [0.29, 0.717) is 12.1 Å². The average Bonchev–Trinajstić information content (AvgIpc) is 2.49. The second-order valence-corrected chi connectivity index (χ2v) is 6.06. The Morgan fingerprint density at radius 1 is 1.30 bits per heavy atom. The molecule has 3 nitrogen and oxygen atoms in total. The highest BCUT2D eigenvalue weighted by atomic mass is 15.2. The van der Waals surface area contributed by atoms with Gasteiger partial charge in [0.2, 0.25) is 0 Å². The lowest BCUT2D eigenvalue weighted by Crippen LogP contribution is -2.51. The minimum Gasteiger partial charge on any atom is -0.313 e. The Morgan fingerprint density at radius 2 is 2.15 bits per heavy atom. The van der Waals surface area contributed by atoms with Gasteiger partial charge in [0.25, 0.3) is 0 Å². The van der Waals surface area contributed by atoms with Crippen molar-refractivity contribution in [2.75, 3.05) is 13.6 Å². The summed E-state index contributed by atoms with van der Waals surface area (Å²) in [6.07, 6.45) is 7.20. The Bertz CT molecular complexity index is 379. The Morgan fingerprint density at radius 3 is 2.80 bits per heavy atom. The van der Waals surface area contributed by atoms with Crippen molar-refractivity contribution in [1.29, 1.82) is 0 Å². The molecule has 3 atom stereocenters. The van der Waals surface area contributed by atoms with Gasteiger partial charge in [0.15, 0.2) is 0 Å². The molecule has 0 saturated heterocycles. The molecule has 3 heteroatoms. The van der Waals surface area contributed by atoms with Crippen LogP contribution in [0.2, 0.25) is 0 Å². The molecule has 3 unspecified atom stereocenters. The number of nitrogens with zero attached hydrogens (tertiary/aromatic N) is 2. The largest absolute Gasteiger partial charge is 0.313 e. The van der Waals surface area contributed by atoms with Crippen LogP contribution in [0.4, 0.5) is 0 Å². The molecular formula is C17H29N3. The van der Waals surface area contributed by atoms with Crippen molar-refractivity contribution in [2.24, 2.45) is 5.92 Å². The van der Waals surface area contributed by atoms with Crippen molar-refractivity contribution in [3.8, 4) is 0 Å². The molecular weight excluding hydrogens is 246 g/mol. The molecule has 112 valence electrons. The number of rotatable bonds is 6. The summed E-state index contributed by atoms with van der Waals surface area (Å²) in [4.78, 5) is 6.96. The van der Waals surface area contributed by atoms with Crippen LogP contribution in [-0.2, 0) is 6.54 Å². The second kappa shape index (κ2) is 7.75. The van der Waals surface area contributed by atoms with E-state index in [1.807, 2.05) is 12.3 Å². The van der Waals surface area contributed by atoms with Crippen LogP contribution in [0.15, 0.2) is 24.4 Å². The number of hydrogen-bond donors (Lipinski definition) is 1. The second-order valence-electron chi connectivity index (χ2n) is 6.06. The first kappa shape index (κ1) is 15.5. The van der Waals surface area contributed by atoms with Crippen LogP contribution in [-0.4, -0.2) is 35.6 Å². The molecule has 0 bridgehead atoms. The highest BCUT2D eigenvalue weighted by Gasteiger charge is 2.31. The fourth-order valence-electron chi connectivity index (χ4n) is 3.45. The number of aromatic nitrogens is 1. The van der Waals surface area contributed by atoms with Crippen molar-refractivity contribution >= 4 is 0 Å². The van der Waals surface area contributed by atoms with Crippen LogP contribution in [0.3, 0.4) is 0 Å². The molecule has 0 aromatic carbocycles. The van der Waals surface area contributed by atoms with Gasteiger partial charge in [-0.25, -0.2) is 0 Å². The van der Waals surface area contributed by atoms with Crippen LogP contribution >= 0.6 is 0 Å². The average molecular weight is 275 g/mol. The van der Waals surface area contributed by atoms with Gasteiger partial charge in [0.05, 0.1) is 5.69 Å². The maximum Gasteiger partial charge on any atom is 0.0543 e. The van der Waals surface area contributed by atoms with Crippen LogP contribution in [0.5, 0.6) is 0 Å². The third-order valence-corrected chi connectivity index (χ3v) is 4.67. The lowest BCUT2D eigenvalue weighted by Gasteiger charge is -2.41. The molecule has 1 aromatic rings. The lowest BCUT2D eigenvalue weighted by molar-refractivity contribution is 0.112. The van der Waals surface area contributed by atoms with Gasteiger partial charge in [-0.2, -0.15) is 0 Å². The zero-order valence-electron chi connectivity index (χ0n) is 13.2. The van der Waals surface area contributed by atoms with Crippen molar-refractivity contribution in [3.63, 3.8) is 0 Å². The van der Waals surface area contributed by atoms with Crippen molar-refractivity contribution in [3.05, 3.63) is 30.1 Å². The predicted octanol–water partition coefficient (Wildman–Crippen LogP) is 3.07. The quantitative estimate of drug-likeness (QED) is 0.865. The van der Waals surface area contributed by atoms with Crippen LogP contribution in [0.1, 0.15) is 45.2 Å². The molecule has 1 aliphatic carbocycles. The van der Waals surface area contributed by atoms with Gasteiger partial charge in [-0.15, -0.1) is 0 Å². The summed E-state index contributed by atoms with van der Waals surface area (Å²) in [7, 11) is 2.25. The van der Waals surface area contributed by atoms with E-state index < -0.39 is 0 Å². The molecule has 0 spiro atoms. The molecule has 0 amide bonds. The van der Waals surface area contributed by atoms with E-state index in [9.17, 15) is 0 Å². The minimum absolute atomic E-state index is 0.635. The lowest BCUT2D eigenvalue weighted by atomic mass is 9.80. The van der Waals surface area contributed by atoms with Crippen molar-refractivity contribution in [1.82, 2.24) is 15.2 Å². The highest BCUT2D eigenvalue weighted by Crippen LogP contribution is 2.30. The van der Waals surface area contributed by atoms with Crippen LogP contribution in [0, 0.1) is 5.92 Å². The molecule has 1 saturated carbocycles. The molecule has 1 aromatic heterocycles. The van der Waals surface area contributed by atoms with Gasteiger partial charge >= 0.3 is 0 Å². The summed E-state index contributed by atoms with van der Waals surface area (Å²) in [5.41, 5.74) is 1.17. The topological polar surface area (TPSA) is 28.2 Å². The Balaban J connectivity index is 2.01. The molecule has 1 fully saturated rings. The summed E-state index contributed by atoms with van der Waals surface area (Å²) in [5.74, 6) is 0.890. The number of pyridine rings is 1. The zero-order chi connectivity index (χ0) is 14.4. The van der Waals surface area contributed by atoms with Gasteiger partial charge in [-0.05, 0) is 50.9 Å². The molecule has 1 aliphatic rings. The molecule has 2 rings (SSSR count). The third-order valence-electron chi connectivity index (χ3n) is 4.67. The Kier molecular flexibility index (Phi) is 5.99. The molecule has 0 aliphatic heterocycles. The van der Waals surface area contributed by atoms with Crippen LogP contribution in [0.25, 0.3) is 0 Å². The highest BCUT2D eigenvalue weighted by molar-refractivity contribution is 5.04. The number of nitrogens with one attached hydrogen (secondary N) is 1. The van der Waals surface area contributed by atoms with Crippen molar-refractivity contribution in [2.45, 2.75) is 58.2 Å². The maximum atomic E-state index is 4.46. The van der Waals surface area contributed by atoms with Gasteiger partial charge < -0.3 is 5.32 Å². The summed E-state index contributed by atoms with van der Waals surface area (Å²) in [5, 5.41) is 3.68. The van der Waals surface area contributed by atoms with Crippen molar-refractivity contribution < 1.29 is 0 Å². The van der Waals surface area contributed by atoms with Gasteiger partial charge in [0, 0.05) is 24.8 Å². The van der Waals surface area contributed by atoms with E-state index in [-0.39, 0.29) is 0 Å². The normalized spacial score (nSPS) is 26.9. The van der Waals surface area contributed by atoms with E-state index in [1.54, 1.807) is 0 Å².